The van der Waals surface area contributed by atoms with Gasteiger partial charge in [-0.15, -0.1) is 4.68 Å². The second kappa shape index (κ2) is 10.0. The number of hydrogen-bond donors (Lipinski definition) is 0. The van der Waals surface area contributed by atoms with Crippen molar-refractivity contribution in [3.63, 3.8) is 0 Å². The number of methoxy groups -OCH3 is 3. The SMILES string of the molecule is CCc1n(/N=C\c2ccc(N(C)C)cc2)cc[n+]1Cc1cc(OC)c(OC)c(OC)c1. The molecule has 0 atom stereocenters. The van der Waals surface area contributed by atoms with Crippen molar-refractivity contribution in [2.75, 3.05) is 40.3 Å². The van der Waals surface area contributed by atoms with Crippen molar-refractivity contribution in [3.05, 3.63) is 65.7 Å². The van der Waals surface area contributed by atoms with Gasteiger partial charge in [-0.3, -0.25) is 0 Å². The zero-order chi connectivity index (χ0) is 22.4. The first-order chi connectivity index (χ1) is 15.0. The van der Waals surface area contributed by atoms with Crippen molar-refractivity contribution in [1.29, 1.82) is 0 Å². The van der Waals surface area contributed by atoms with E-state index >= 15 is 0 Å². The van der Waals surface area contributed by atoms with Gasteiger partial charge in [-0.25, -0.2) is 4.57 Å². The standard InChI is InChI=1S/C24H31N4O3/c1-7-23-27(17-19-14-21(29-4)24(31-6)22(15-19)30-5)12-13-28(23)25-16-18-8-10-20(11-9-18)26(2)3/h8-16H,7,17H2,1-6H3/q+1/b25-16-. The van der Waals surface area contributed by atoms with Crippen molar-refractivity contribution in [2.24, 2.45) is 5.10 Å². The molecule has 0 saturated carbocycles. The van der Waals surface area contributed by atoms with Gasteiger partial charge in [0.15, 0.2) is 17.7 Å². The Morgan fingerprint density at radius 3 is 2.16 bits per heavy atom. The third kappa shape index (κ3) is 4.99. The molecule has 0 aliphatic heterocycles. The molecule has 0 spiro atoms. The molecule has 0 saturated heterocycles. The monoisotopic (exact) mass is 423 g/mol. The summed E-state index contributed by atoms with van der Waals surface area (Å²) in [5.41, 5.74) is 3.27. The number of nitrogens with zero attached hydrogens (tertiary/aromatic N) is 4. The van der Waals surface area contributed by atoms with Crippen molar-refractivity contribution in [1.82, 2.24) is 4.68 Å². The average molecular weight is 424 g/mol. The van der Waals surface area contributed by atoms with E-state index in [4.69, 9.17) is 14.2 Å². The maximum Gasteiger partial charge on any atom is 0.282 e. The lowest BCUT2D eigenvalue weighted by Crippen LogP contribution is -2.37. The van der Waals surface area contributed by atoms with Crippen LogP contribution in [0.15, 0.2) is 53.9 Å². The third-order valence-corrected chi connectivity index (χ3v) is 5.12. The molecule has 0 N–H and O–H groups in total. The summed E-state index contributed by atoms with van der Waals surface area (Å²) in [4.78, 5) is 2.08. The average Bonchev–Trinajstić information content (AvgIpc) is 3.18. The minimum atomic E-state index is 0.594. The molecular formula is C24H31N4O3+. The van der Waals surface area contributed by atoms with E-state index in [9.17, 15) is 0 Å². The number of aromatic nitrogens is 2. The van der Waals surface area contributed by atoms with E-state index in [-0.39, 0.29) is 0 Å². The van der Waals surface area contributed by atoms with Crippen LogP contribution >= 0.6 is 0 Å². The Hall–Kier alpha value is -3.48. The summed E-state index contributed by atoms with van der Waals surface area (Å²) in [6, 6.07) is 12.3. The van der Waals surface area contributed by atoms with Crippen molar-refractivity contribution in [2.45, 2.75) is 19.9 Å². The molecule has 2 aromatic carbocycles. The van der Waals surface area contributed by atoms with E-state index in [1.54, 1.807) is 21.3 Å². The van der Waals surface area contributed by atoms with Crippen molar-refractivity contribution < 1.29 is 18.8 Å². The Morgan fingerprint density at radius 1 is 1.00 bits per heavy atom. The van der Waals surface area contributed by atoms with Crippen molar-refractivity contribution in [3.8, 4) is 17.2 Å². The molecule has 7 heteroatoms. The summed E-state index contributed by atoms with van der Waals surface area (Å²) in [6.45, 7) is 2.79. The highest BCUT2D eigenvalue weighted by atomic mass is 16.5. The van der Waals surface area contributed by atoms with Crippen LogP contribution in [0.3, 0.4) is 0 Å². The minimum Gasteiger partial charge on any atom is -0.493 e. The van der Waals surface area contributed by atoms with Gasteiger partial charge in [0.1, 0.15) is 12.7 Å². The Morgan fingerprint density at radius 2 is 1.65 bits per heavy atom. The number of ether oxygens (including phenoxy) is 3. The summed E-state index contributed by atoms with van der Waals surface area (Å²) in [7, 11) is 8.92. The van der Waals surface area contributed by atoms with Gasteiger partial charge in [-0.1, -0.05) is 24.2 Å². The molecule has 0 radical (unpaired) electrons. The van der Waals surface area contributed by atoms with Crippen LogP contribution in [0.1, 0.15) is 23.9 Å². The zero-order valence-electron chi connectivity index (χ0n) is 19.1. The molecule has 164 valence electrons. The first-order valence-electron chi connectivity index (χ1n) is 10.2. The van der Waals surface area contributed by atoms with Gasteiger partial charge >= 0.3 is 0 Å². The molecule has 1 heterocycles. The van der Waals surface area contributed by atoms with Crippen LogP contribution in [0, 0.1) is 0 Å². The zero-order valence-corrected chi connectivity index (χ0v) is 19.1. The summed E-state index contributed by atoms with van der Waals surface area (Å²) in [5, 5.41) is 4.67. The molecule has 0 unspecified atom stereocenters. The Bertz CT molecular complexity index is 1010. The lowest BCUT2D eigenvalue weighted by molar-refractivity contribution is -0.695. The van der Waals surface area contributed by atoms with E-state index in [0.717, 1.165) is 29.1 Å². The van der Waals surface area contributed by atoms with E-state index in [2.05, 4.69) is 45.8 Å². The molecule has 3 rings (SSSR count). The van der Waals surface area contributed by atoms with Gasteiger partial charge in [0.05, 0.1) is 27.5 Å². The second-order valence-corrected chi connectivity index (χ2v) is 7.30. The fraction of sp³-hybridized carbons (Fsp3) is 0.333. The van der Waals surface area contributed by atoms with Crippen LogP contribution in [-0.2, 0) is 13.0 Å². The highest BCUT2D eigenvalue weighted by Gasteiger charge is 2.18. The molecule has 0 aliphatic rings. The molecule has 0 amide bonds. The molecular weight excluding hydrogens is 392 g/mol. The Labute approximate surface area is 184 Å². The maximum atomic E-state index is 5.48. The van der Waals surface area contributed by atoms with Gasteiger partial charge in [-0.2, -0.15) is 0 Å². The smallest absolute Gasteiger partial charge is 0.282 e. The van der Waals surface area contributed by atoms with Crippen LogP contribution in [0.2, 0.25) is 0 Å². The number of rotatable bonds is 9. The first kappa shape index (κ1) is 22.2. The highest BCUT2D eigenvalue weighted by molar-refractivity contribution is 5.80. The molecule has 0 fully saturated rings. The van der Waals surface area contributed by atoms with Gasteiger partial charge in [0.25, 0.3) is 5.82 Å². The quantitative estimate of drug-likeness (QED) is 0.391. The predicted molar refractivity (Wildman–Crippen MR) is 123 cm³/mol. The Balaban J connectivity index is 1.85. The molecule has 31 heavy (non-hydrogen) atoms. The van der Waals surface area contributed by atoms with Gasteiger partial charge in [-0.05, 0) is 29.8 Å². The predicted octanol–water partition coefficient (Wildman–Crippen LogP) is 3.36. The normalized spacial score (nSPS) is 11.0. The summed E-state index contributed by atoms with van der Waals surface area (Å²) >= 11 is 0. The molecule has 0 bridgehead atoms. The molecule has 0 aliphatic carbocycles. The number of hydrogen-bond acceptors (Lipinski definition) is 5. The molecule has 1 aromatic heterocycles. The minimum absolute atomic E-state index is 0.594. The fourth-order valence-corrected chi connectivity index (χ4v) is 3.47. The van der Waals surface area contributed by atoms with Crippen LogP contribution in [-0.4, -0.2) is 46.3 Å². The van der Waals surface area contributed by atoms with E-state index < -0.39 is 0 Å². The van der Waals surface area contributed by atoms with Crippen LogP contribution in [0.25, 0.3) is 0 Å². The van der Waals surface area contributed by atoms with Crippen LogP contribution in [0.4, 0.5) is 5.69 Å². The summed E-state index contributed by atoms with van der Waals surface area (Å²) in [5.74, 6) is 2.98. The first-order valence-corrected chi connectivity index (χ1v) is 10.2. The number of imidazole rings is 1. The molecule has 7 nitrogen and oxygen atoms in total. The Kier molecular flexibility index (Phi) is 7.18. The lowest BCUT2D eigenvalue weighted by atomic mass is 10.1. The van der Waals surface area contributed by atoms with Gasteiger partial charge in [0, 0.05) is 31.8 Å². The van der Waals surface area contributed by atoms with E-state index in [0.29, 0.717) is 23.8 Å². The molecule has 3 aromatic rings. The van der Waals surface area contributed by atoms with Crippen molar-refractivity contribution >= 4 is 11.9 Å². The topological polar surface area (TPSA) is 52.1 Å². The summed E-state index contributed by atoms with van der Waals surface area (Å²) < 4.78 is 20.5. The number of anilines is 1. The maximum absolute atomic E-state index is 5.48. The lowest BCUT2D eigenvalue weighted by Gasteiger charge is -2.13. The van der Waals surface area contributed by atoms with E-state index in [1.165, 1.54) is 0 Å². The van der Waals surface area contributed by atoms with Gasteiger partial charge in [0.2, 0.25) is 5.75 Å². The third-order valence-electron chi connectivity index (χ3n) is 5.12. The van der Waals surface area contributed by atoms with E-state index in [1.807, 2.05) is 49.5 Å². The second-order valence-electron chi connectivity index (χ2n) is 7.30. The van der Waals surface area contributed by atoms with Crippen LogP contribution < -0.4 is 23.7 Å². The van der Waals surface area contributed by atoms with Crippen LogP contribution in [0.5, 0.6) is 17.2 Å². The fourth-order valence-electron chi connectivity index (χ4n) is 3.47. The largest absolute Gasteiger partial charge is 0.493 e. The van der Waals surface area contributed by atoms with Gasteiger partial charge < -0.3 is 19.1 Å². The summed E-state index contributed by atoms with van der Waals surface area (Å²) in [6.07, 6.45) is 6.73. The number of benzene rings is 2. The highest BCUT2D eigenvalue weighted by Crippen LogP contribution is 2.38.